The largest absolute Gasteiger partial charge is 0.465 e. The molecule has 2 aromatic carbocycles. The van der Waals surface area contributed by atoms with Crippen LogP contribution in [0.4, 0.5) is 29.2 Å². The molecule has 4 aromatic rings. The summed E-state index contributed by atoms with van der Waals surface area (Å²) in [5.74, 6) is -1.14. The van der Waals surface area contributed by atoms with Crippen molar-refractivity contribution in [1.82, 2.24) is 19.8 Å². The minimum Gasteiger partial charge on any atom is -0.465 e. The zero-order valence-corrected chi connectivity index (χ0v) is 31.5. The van der Waals surface area contributed by atoms with Crippen molar-refractivity contribution in [3.8, 4) is 23.2 Å². The predicted molar refractivity (Wildman–Crippen MR) is 202 cm³/mol. The maximum Gasteiger partial charge on any atom is 0.412 e. The van der Waals surface area contributed by atoms with Crippen molar-refractivity contribution >= 4 is 66.9 Å². The van der Waals surface area contributed by atoms with E-state index in [-0.39, 0.29) is 72.6 Å². The van der Waals surface area contributed by atoms with Crippen LogP contribution in [0.3, 0.4) is 0 Å². The van der Waals surface area contributed by atoms with Crippen LogP contribution in [0, 0.1) is 23.0 Å². The monoisotopic (exact) mass is 777 g/mol. The van der Waals surface area contributed by atoms with E-state index in [1.807, 2.05) is 4.90 Å². The summed E-state index contributed by atoms with van der Waals surface area (Å²) in [6.45, 7) is 11.9. The van der Waals surface area contributed by atoms with Gasteiger partial charge in [0.1, 0.15) is 40.4 Å². The molecule has 282 valence electrons. The van der Waals surface area contributed by atoms with E-state index in [0.717, 1.165) is 55.3 Å². The van der Waals surface area contributed by atoms with Crippen molar-refractivity contribution < 1.29 is 33.0 Å². The summed E-state index contributed by atoms with van der Waals surface area (Å²) in [6, 6.07) is 5.52. The molecule has 2 aromatic heterocycles. The Bertz CT molecular complexity index is 2290. The van der Waals surface area contributed by atoms with Crippen LogP contribution in [0.25, 0.3) is 32.1 Å². The molecule has 4 saturated heterocycles. The number of anilines is 2. The maximum absolute atomic E-state index is 17.3. The highest BCUT2D eigenvalue weighted by atomic mass is 35.5. The van der Waals surface area contributed by atoms with Crippen LogP contribution >= 0.6 is 22.9 Å². The highest BCUT2D eigenvalue weighted by Crippen LogP contribution is 2.47. The molecule has 0 aliphatic carbocycles. The first kappa shape index (κ1) is 36.2. The molecule has 0 saturated carbocycles. The van der Waals surface area contributed by atoms with Gasteiger partial charge in [-0.2, -0.15) is 15.2 Å². The smallest absolute Gasteiger partial charge is 0.412 e. The van der Waals surface area contributed by atoms with E-state index < -0.39 is 29.4 Å². The number of nitriles is 1. The Morgan fingerprint density at radius 1 is 1.22 bits per heavy atom. The Hall–Kier alpha value is -4.78. The van der Waals surface area contributed by atoms with Crippen LogP contribution < -0.4 is 15.0 Å². The zero-order valence-electron chi connectivity index (χ0n) is 30.0. The summed E-state index contributed by atoms with van der Waals surface area (Å²) in [4.78, 5) is 40.0. The van der Waals surface area contributed by atoms with Crippen molar-refractivity contribution in [2.75, 3.05) is 43.0 Å². The van der Waals surface area contributed by atoms with Crippen molar-refractivity contribution in [2.45, 2.75) is 76.1 Å². The number of nitrogens with zero attached hydrogens (tertiary/aromatic N) is 6. The zero-order chi connectivity index (χ0) is 38.3. The Labute approximate surface area is 318 Å². The van der Waals surface area contributed by atoms with Gasteiger partial charge in [0.15, 0.2) is 5.82 Å². The van der Waals surface area contributed by atoms with Gasteiger partial charge in [-0.15, -0.1) is 11.3 Å². The first-order valence-corrected chi connectivity index (χ1v) is 19.0. The molecular formula is C38H38ClF2N7O5S. The summed E-state index contributed by atoms with van der Waals surface area (Å²) in [7, 11) is 0. The second-order valence-corrected chi connectivity index (χ2v) is 17.0. The number of halogens is 3. The third-order valence-electron chi connectivity index (χ3n) is 10.8. The van der Waals surface area contributed by atoms with Crippen LogP contribution in [-0.2, 0) is 4.74 Å². The van der Waals surface area contributed by atoms with E-state index in [0.29, 0.717) is 37.1 Å². The van der Waals surface area contributed by atoms with Gasteiger partial charge in [-0.3, -0.25) is 15.1 Å². The number of benzene rings is 2. The van der Waals surface area contributed by atoms with Crippen molar-refractivity contribution in [1.29, 1.82) is 5.26 Å². The number of carbonyl (C=O) groups excluding carboxylic acids is 1. The first-order valence-electron chi connectivity index (χ1n) is 17.8. The standard InChI is InChI=1S/C38H38ClF2N7O5S/c1-19-13-38(10-5-11-47(38)15-19)18-52-34-43-30-23(32(44-34)46-16-20-6-7-21(17-46)48(20)36(50)51)12-25(39)28(29(30)41)22-8-9-26(40)31-27(22)24(14-42)33(54-31)45-35(49)53-37(2,3)4/h8-9,12,20-21H,1,5-7,10-11,13,15-18H2,2-4H3,(H,45,49)(H,50,51)/t20-,21+,38?. The molecule has 4 fully saturated rings. The molecule has 2 amide bonds. The SMILES string of the molecule is C=C1CN2CCCC2(COc2nc(N3C[C@H]4CC[C@@H](C3)N4C(=O)O)c3cc(Cl)c(-c4ccc(F)c5sc(NC(=O)OC(C)(C)C)c(C#N)c45)c(F)c3n2)C1. The number of hydrogen-bond acceptors (Lipinski definition) is 10. The normalized spacial score (nSPS) is 22.6. The Kier molecular flexibility index (Phi) is 8.86. The van der Waals surface area contributed by atoms with Gasteiger partial charge in [0.05, 0.1) is 32.9 Å². The summed E-state index contributed by atoms with van der Waals surface area (Å²) >= 11 is 7.77. The second kappa shape index (κ2) is 13.2. The van der Waals surface area contributed by atoms with Crippen molar-refractivity contribution in [3.05, 3.63) is 52.6 Å². The Morgan fingerprint density at radius 3 is 2.65 bits per heavy atom. The van der Waals surface area contributed by atoms with Gasteiger partial charge < -0.3 is 19.5 Å². The fourth-order valence-electron chi connectivity index (χ4n) is 8.72. The number of amides is 2. The minimum atomic E-state index is -0.976. The van der Waals surface area contributed by atoms with Gasteiger partial charge in [-0.25, -0.2) is 18.4 Å². The van der Waals surface area contributed by atoms with E-state index in [2.05, 4.69) is 27.8 Å². The maximum atomic E-state index is 17.3. The molecule has 6 heterocycles. The summed E-state index contributed by atoms with van der Waals surface area (Å²) in [5.41, 5.74) is -0.145. The molecule has 0 spiro atoms. The number of carbonyl (C=O) groups is 2. The summed E-state index contributed by atoms with van der Waals surface area (Å²) < 4.78 is 44.5. The highest BCUT2D eigenvalue weighted by molar-refractivity contribution is 7.23. The molecular weight excluding hydrogens is 740 g/mol. The molecule has 16 heteroatoms. The first-order chi connectivity index (χ1) is 25.7. The molecule has 4 aliphatic heterocycles. The van der Waals surface area contributed by atoms with Crippen LogP contribution in [-0.4, -0.2) is 93.1 Å². The van der Waals surface area contributed by atoms with Gasteiger partial charge in [0.2, 0.25) is 0 Å². The number of hydrogen-bond donors (Lipinski definition) is 2. The van der Waals surface area contributed by atoms with Crippen molar-refractivity contribution in [3.63, 3.8) is 0 Å². The average molecular weight is 778 g/mol. The molecule has 2 N–H and O–H groups in total. The molecule has 4 aliphatic rings. The molecule has 2 bridgehead atoms. The fourth-order valence-corrected chi connectivity index (χ4v) is 10.1. The predicted octanol–water partition coefficient (Wildman–Crippen LogP) is 8.17. The lowest BCUT2D eigenvalue weighted by molar-refractivity contribution is 0.0636. The van der Waals surface area contributed by atoms with E-state index in [1.54, 1.807) is 26.8 Å². The Balaban J connectivity index is 1.26. The van der Waals surface area contributed by atoms with E-state index in [1.165, 1.54) is 11.0 Å². The van der Waals surface area contributed by atoms with Gasteiger partial charge >= 0.3 is 18.2 Å². The molecule has 0 radical (unpaired) electrons. The number of aromatic nitrogens is 2. The number of piperazine rings is 1. The van der Waals surface area contributed by atoms with Gasteiger partial charge in [-0.1, -0.05) is 29.8 Å². The number of fused-ring (bicyclic) bond motifs is 5. The van der Waals surface area contributed by atoms with E-state index in [9.17, 15) is 20.0 Å². The second-order valence-electron chi connectivity index (χ2n) is 15.6. The number of thiophene rings is 1. The third kappa shape index (κ3) is 6.14. The number of nitrogens with one attached hydrogen (secondary N) is 1. The number of carboxylic acid groups (broad SMARTS) is 1. The topological polar surface area (TPSA) is 144 Å². The van der Waals surface area contributed by atoms with Crippen molar-refractivity contribution in [2.24, 2.45) is 0 Å². The molecule has 8 rings (SSSR count). The van der Waals surface area contributed by atoms with Gasteiger partial charge in [0.25, 0.3) is 0 Å². The van der Waals surface area contributed by atoms with E-state index in [4.69, 9.17) is 26.1 Å². The quantitative estimate of drug-likeness (QED) is 0.184. The molecule has 12 nitrogen and oxygen atoms in total. The Morgan fingerprint density at radius 2 is 1.96 bits per heavy atom. The van der Waals surface area contributed by atoms with Gasteiger partial charge in [-0.05, 0) is 77.1 Å². The molecule has 54 heavy (non-hydrogen) atoms. The lowest BCUT2D eigenvalue weighted by Crippen LogP contribution is -2.55. The summed E-state index contributed by atoms with van der Waals surface area (Å²) in [5, 5.41) is 23.1. The minimum absolute atomic E-state index is 0.0170. The van der Waals surface area contributed by atoms with Gasteiger partial charge in [0, 0.05) is 36.0 Å². The number of ether oxygens (including phenoxy) is 2. The average Bonchev–Trinajstić information content (AvgIpc) is 3.82. The van der Waals surface area contributed by atoms with Crippen LogP contribution in [0.5, 0.6) is 6.01 Å². The lowest BCUT2D eigenvalue weighted by Gasteiger charge is -2.40. The lowest BCUT2D eigenvalue weighted by atomic mass is 9.94. The van der Waals surface area contributed by atoms with Crippen LogP contribution in [0.15, 0.2) is 30.4 Å². The number of rotatable bonds is 6. The highest BCUT2D eigenvalue weighted by Gasteiger charge is 2.47. The third-order valence-corrected chi connectivity index (χ3v) is 12.2. The molecule has 1 unspecified atom stereocenters. The van der Waals surface area contributed by atoms with E-state index >= 15 is 8.78 Å². The summed E-state index contributed by atoms with van der Waals surface area (Å²) in [6.07, 6.45) is 2.27. The fraction of sp³-hybridized carbons (Fsp3) is 0.447. The van der Waals surface area contributed by atoms with Crippen LogP contribution in [0.2, 0.25) is 5.02 Å². The van der Waals surface area contributed by atoms with Crippen LogP contribution in [0.1, 0.15) is 58.4 Å². The molecule has 3 atom stereocenters.